The third kappa shape index (κ3) is 2.52. The first-order valence-corrected chi connectivity index (χ1v) is 9.42. The van der Waals surface area contributed by atoms with E-state index in [2.05, 4.69) is 4.98 Å². The van der Waals surface area contributed by atoms with Crippen LogP contribution < -0.4 is 0 Å². The molecular weight excluding hydrogens is 378 g/mol. The highest BCUT2D eigenvalue weighted by Crippen LogP contribution is 2.30. The van der Waals surface area contributed by atoms with Gasteiger partial charge in [-0.1, -0.05) is 23.7 Å². The fourth-order valence-corrected chi connectivity index (χ4v) is 4.19. The number of imide groups is 1. The van der Waals surface area contributed by atoms with E-state index in [9.17, 15) is 14.4 Å². The Bertz CT molecular complexity index is 1130. The van der Waals surface area contributed by atoms with Crippen LogP contribution in [0.5, 0.6) is 0 Å². The van der Waals surface area contributed by atoms with Crippen LogP contribution in [0.4, 0.5) is 0 Å². The van der Waals surface area contributed by atoms with Crippen molar-refractivity contribution in [2.75, 3.05) is 13.1 Å². The SMILES string of the molecule is O=C(CN1C(=O)c2ccccc2C1=O)N1CCc2[nH]c3ccc(Cl)cc3c2C1. The van der Waals surface area contributed by atoms with Gasteiger partial charge in [-0.25, -0.2) is 0 Å². The lowest BCUT2D eigenvalue weighted by atomic mass is 10.0. The zero-order valence-electron chi connectivity index (χ0n) is 14.9. The molecule has 0 unspecified atom stereocenters. The number of carbonyl (C=O) groups excluding carboxylic acids is 3. The normalized spacial score (nSPS) is 15.9. The van der Waals surface area contributed by atoms with Crippen molar-refractivity contribution in [3.05, 3.63) is 69.9 Å². The van der Waals surface area contributed by atoms with Gasteiger partial charge in [0.2, 0.25) is 5.91 Å². The monoisotopic (exact) mass is 393 g/mol. The molecule has 140 valence electrons. The van der Waals surface area contributed by atoms with Crippen molar-refractivity contribution in [2.45, 2.75) is 13.0 Å². The molecule has 0 bridgehead atoms. The number of amides is 3. The molecular formula is C21H16ClN3O3. The molecule has 1 aromatic heterocycles. The summed E-state index contributed by atoms with van der Waals surface area (Å²) >= 11 is 6.13. The lowest BCUT2D eigenvalue weighted by Crippen LogP contribution is -2.44. The van der Waals surface area contributed by atoms with Crippen LogP contribution >= 0.6 is 11.6 Å². The second kappa shape index (κ2) is 6.21. The van der Waals surface area contributed by atoms with Crippen molar-refractivity contribution in [2.24, 2.45) is 0 Å². The summed E-state index contributed by atoms with van der Waals surface area (Å²) in [4.78, 5) is 44.0. The topological polar surface area (TPSA) is 73.5 Å². The van der Waals surface area contributed by atoms with Gasteiger partial charge in [-0.05, 0) is 30.3 Å². The Hall–Kier alpha value is -3.12. The number of fused-ring (bicyclic) bond motifs is 4. The van der Waals surface area contributed by atoms with Crippen LogP contribution in [0.15, 0.2) is 42.5 Å². The van der Waals surface area contributed by atoms with E-state index in [0.29, 0.717) is 35.7 Å². The molecule has 2 aromatic carbocycles. The first kappa shape index (κ1) is 17.0. The number of aromatic amines is 1. The molecule has 3 aromatic rings. The fraction of sp³-hybridized carbons (Fsp3) is 0.190. The number of H-pyrrole nitrogens is 1. The molecule has 0 spiro atoms. The average molecular weight is 394 g/mol. The average Bonchev–Trinajstić information content (AvgIpc) is 3.18. The molecule has 3 heterocycles. The number of nitrogens with one attached hydrogen (secondary N) is 1. The highest BCUT2D eigenvalue weighted by atomic mass is 35.5. The van der Waals surface area contributed by atoms with Crippen molar-refractivity contribution in [1.29, 1.82) is 0 Å². The lowest BCUT2D eigenvalue weighted by Gasteiger charge is -2.28. The quantitative estimate of drug-likeness (QED) is 0.680. The fourth-order valence-electron chi connectivity index (χ4n) is 4.02. The van der Waals surface area contributed by atoms with Gasteiger partial charge in [0, 0.05) is 46.7 Å². The molecule has 2 aliphatic heterocycles. The van der Waals surface area contributed by atoms with Crippen molar-refractivity contribution < 1.29 is 14.4 Å². The number of rotatable bonds is 2. The van der Waals surface area contributed by atoms with Crippen LogP contribution in [0.2, 0.25) is 5.02 Å². The van der Waals surface area contributed by atoms with Crippen LogP contribution in [0.3, 0.4) is 0 Å². The summed E-state index contributed by atoms with van der Waals surface area (Å²) in [6, 6.07) is 12.3. The van der Waals surface area contributed by atoms with Gasteiger partial charge in [-0.3, -0.25) is 19.3 Å². The molecule has 5 rings (SSSR count). The van der Waals surface area contributed by atoms with Gasteiger partial charge in [0.05, 0.1) is 11.1 Å². The van der Waals surface area contributed by atoms with E-state index < -0.39 is 11.8 Å². The Morgan fingerprint density at radius 1 is 1.07 bits per heavy atom. The van der Waals surface area contributed by atoms with Crippen LogP contribution in [-0.2, 0) is 17.8 Å². The van der Waals surface area contributed by atoms with Gasteiger partial charge >= 0.3 is 0 Å². The predicted molar refractivity (Wildman–Crippen MR) is 104 cm³/mol. The largest absolute Gasteiger partial charge is 0.358 e. The van der Waals surface area contributed by atoms with Gasteiger partial charge in [-0.2, -0.15) is 0 Å². The number of halogens is 1. The Balaban J connectivity index is 1.38. The van der Waals surface area contributed by atoms with Gasteiger partial charge in [-0.15, -0.1) is 0 Å². The highest BCUT2D eigenvalue weighted by molar-refractivity contribution is 6.31. The van der Waals surface area contributed by atoms with Crippen molar-refractivity contribution >= 4 is 40.2 Å². The Labute approximate surface area is 165 Å². The number of aromatic nitrogens is 1. The van der Waals surface area contributed by atoms with E-state index in [1.54, 1.807) is 29.2 Å². The van der Waals surface area contributed by atoms with E-state index >= 15 is 0 Å². The third-order valence-corrected chi connectivity index (χ3v) is 5.70. The number of carbonyl (C=O) groups is 3. The molecule has 0 saturated heterocycles. The summed E-state index contributed by atoms with van der Waals surface area (Å²) in [5, 5.41) is 1.64. The summed E-state index contributed by atoms with van der Waals surface area (Å²) in [5.41, 5.74) is 3.84. The first-order valence-electron chi connectivity index (χ1n) is 9.05. The highest BCUT2D eigenvalue weighted by Gasteiger charge is 2.37. The molecule has 3 amide bonds. The number of hydrogen-bond donors (Lipinski definition) is 1. The van der Waals surface area contributed by atoms with E-state index in [1.807, 2.05) is 18.2 Å². The van der Waals surface area contributed by atoms with Gasteiger partial charge in [0.15, 0.2) is 0 Å². The van der Waals surface area contributed by atoms with E-state index in [4.69, 9.17) is 11.6 Å². The minimum atomic E-state index is -0.412. The summed E-state index contributed by atoms with van der Waals surface area (Å²) in [6.07, 6.45) is 0.690. The predicted octanol–water partition coefficient (Wildman–Crippen LogP) is 3.00. The summed E-state index contributed by atoms with van der Waals surface area (Å²) in [7, 11) is 0. The second-order valence-electron chi connectivity index (χ2n) is 7.08. The Kier molecular flexibility index (Phi) is 3.77. The van der Waals surface area contributed by atoms with Crippen molar-refractivity contribution in [1.82, 2.24) is 14.8 Å². The zero-order valence-corrected chi connectivity index (χ0v) is 15.6. The third-order valence-electron chi connectivity index (χ3n) is 5.46. The maximum absolute atomic E-state index is 12.9. The summed E-state index contributed by atoms with van der Waals surface area (Å²) in [6.45, 7) is 0.720. The molecule has 7 heteroatoms. The lowest BCUT2D eigenvalue weighted by molar-refractivity contribution is -0.132. The van der Waals surface area contributed by atoms with Gasteiger partial charge in [0.25, 0.3) is 11.8 Å². The standard InChI is InChI=1S/C21H16ClN3O3/c22-12-5-6-17-15(9-12)16-10-24(8-7-18(16)23-17)19(26)11-25-20(27)13-3-1-2-4-14(13)21(25)28/h1-6,9,23H,7-8,10-11H2. The minimum Gasteiger partial charge on any atom is -0.358 e. The minimum absolute atomic E-state index is 0.239. The van der Waals surface area contributed by atoms with Crippen molar-refractivity contribution in [3.8, 4) is 0 Å². The second-order valence-corrected chi connectivity index (χ2v) is 7.52. The molecule has 28 heavy (non-hydrogen) atoms. The summed E-state index contributed by atoms with van der Waals surface area (Å²) < 4.78 is 0. The Morgan fingerprint density at radius 3 is 2.50 bits per heavy atom. The van der Waals surface area contributed by atoms with Crippen LogP contribution in [0.25, 0.3) is 10.9 Å². The maximum Gasteiger partial charge on any atom is 0.262 e. The molecule has 0 fully saturated rings. The van der Waals surface area contributed by atoms with Gasteiger partial charge in [0.1, 0.15) is 6.54 Å². The number of nitrogens with zero attached hydrogens (tertiary/aromatic N) is 2. The first-order chi connectivity index (χ1) is 13.5. The molecule has 6 nitrogen and oxygen atoms in total. The maximum atomic E-state index is 12.9. The van der Waals surface area contributed by atoms with Crippen LogP contribution in [-0.4, -0.2) is 45.6 Å². The number of hydrogen-bond acceptors (Lipinski definition) is 3. The van der Waals surface area contributed by atoms with E-state index in [-0.39, 0.29) is 12.5 Å². The van der Waals surface area contributed by atoms with Crippen molar-refractivity contribution in [3.63, 3.8) is 0 Å². The Morgan fingerprint density at radius 2 is 1.79 bits per heavy atom. The molecule has 0 atom stereocenters. The smallest absolute Gasteiger partial charge is 0.262 e. The molecule has 0 saturated carbocycles. The van der Waals surface area contributed by atoms with E-state index in [1.165, 1.54) is 0 Å². The van der Waals surface area contributed by atoms with E-state index in [0.717, 1.165) is 27.1 Å². The molecule has 2 aliphatic rings. The van der Waals surface area contributed by atoms with Gasteiger partial charge < -0.3 is 9.88 Å². The summed E-state index contributed by atoms with van der Waals surface area (Å²) in [5.74, 6) is -1.06. The van der Waals surface area contributed by atoms with Crippen LogP contribution in [0, 0.1) is 0 Å². The molecule has 0 radical (unpaired) electrons. The molecule has 0 aliphatic carbocycles. The zero-order chi connectivity index (χ0) is 19.4. The number of benzene rings is 2. The van der Waals surface area contributed by atoms with Crippen LogP contribution in [0.1, 0.15) is 32.0 Å². The molecule has 1 N–H and O–H groups in total.